The minimum Gasteiger partial charge on any atom is -0.493 e. The van der Waals surface area contributed by atoms with E-state index in [0.717, 1.165) is 40.9 Å². The van der Waals surface area contributed by atoms with Crippen molar-refractivity contribution in [3.8, 4) is 22.8 Å². The number of hydrogen-bond donors (Lipinski definition) is 1. The van der Waals surface area contributed by atoms with Gasteiger partial charge in [-0.05, 0) is 36.2 Å². The predicted molar refractivity (Wildman–Crippen MR) is 97.1 cm³/mol. The van der Waals surface area contributed by atoms with Crippen LogP contribution in [-0.4, -0.2) is 30.7 Å². The Balaban J connectivity index is 1.58. The molecule has 0 saturated heterocycles. The first kappa shape index (κ1) is 16.3. The number of anilines is 1. The molecule has 6 heteroatoms. The Bertz CT molecular complexity index is 790. The first-order chi connectivity index (χ1) is 11.8. The van der Waals surface area contributed by atoms with Crippen LogP contribution in [0.15, 0.2) is 48.1 Å². The number of methoxy groups -OCH3 is 2. The number of nitrogens with one attached hydrogen (secondary N) is 1. The van der Waals surface area contributed by atoms with Crippen molar-refractivity contribution in [2.45, 2.75) is 6.42 Å². The second-order valence-electron chi connectivity index (χ2n) is 5.14. The third-order valence-electron chi connectivity index (χ3n) is 3.62. The summed E-state index contributed by atoms with van der Waals surface area (Å²) < 4.78 is 10.6. The van der Waals surface area contributed by atoms with Crippen LogP contribution in [0.5, 0.6) is 11.5 Å². The molecule has 0 amide bonds. The molecule has 0 aliphatic heterocycles. The molecule has 0 atom stereocenters. The predicted octanol–water partition coefficient (Wildman–Crippen LogP) is 3.88. The van der Waals surface area contributed by atoms with Crippen molar-refractivity contribution in [3.05, 3.63) is 53.7 Å². The van der Waals surface area contributed by atoms with Gasteiger partial charge in [-0.25, -0.2) is 4.98 Å². The minimum absolute atomic E-state index is 0.746. The van der Waals surface area contributed by atoms with E-state index in [1.54, 1.807) is 38.0 Å². The molecule has 2 heterocycles. The van der Waals surface area contributed by atoms with E-state index >= 15 is 0 Å². The molecule has 0 bridgehead atoms. The lowest BCUT2D eigenvalue weighted by molar-refractivity contribution is 0.354. The van der Waals surface area contributed by atoms with Crippen LogP contribution in [-0.2, 0) is 6.42 Å². The van der Waals surface area contributed by atoms with E-state index in [0.29, 0.717) is 0 Å². The van der Waals surface area contributed by atoms with E-state index in [4.69, 9.17) is 9.47 Å². The number of benzene rings is 1. The van der Waals surface area contributed by atoms with Crippen LogP contribution in [0.25, 0.3) is 11.3 Å². The quantitative estimate of drug-likeness (QED) is 0.707. The fraction of sp³-hybridized carbons (Fsp3) is 0.222. The molecular formula is C18H19N3O2S. The maximum absolute atomic E-state index is 5.33. The van der Waals surface area contributed by atoms with Gasteiger partial charge in [0, 0.05) is 29.9 Å². The maximum Gasteiger partial charge on any atom is 0.183 e. The first-order valence-corrected chi connectivity index (χ1v) is 8.49. The summed E-state index contributed by atoms with van der Waals surface area (Å²) in [7, 11) is 3.29. The highest BCUT2D eigenvalue weighted by Crippen LogP contribution is 2.28. The lowest BCUT2D eigenvalue weighted by Crippen LogP contribution is -2.05. The molecule has 124 valence electrons. The number of ether oxygens (including phenoxy) is 2. The zero-order valence-electron chi connectivity index (χ0n) is 13.7. The zero-order valence-corrected chi connectivity index (χ0v) is 14.5. The smallest absolute Gasteiger partial charge is 0.183 e. The third kappa shape index (κ3) is 3.83. The van der Waals surface area contributed by atoms with Crippen LogP contribution in [0.3, 0.4) is 0 Å². The summed E-state index contributed by atoms with van der Waals surface area (Å²) in [4.78, 5) is 8.64. The molecule has 1 N–H and O–H groups in total. The van der Waals surface area contributed by atoms with E-state index in [-0.39, 0.29) is 0 Å². The summed E-state index contributed by atoms with van der Waals surface area (Å²) in [5.74, 6) is 1.50. The second-order valence-corrected chi connectivity index (χ2v) is 6.00. The van der Waals surface area contributed by atoms with E-state index in [9.17, 15) is 0 Å². The highest BCUT2D eigenvalue weighted by Gasteiger charge is 2.06. The van der Waals surface area contributed by atoms with Crippen molar-refractivity contribution in [2.24, 2.45) is 0 Å². The van der Waals surface area contributed by atoms with Crippen LogP contribution in [0, 0.1) is 0 Å². The van der Waals surface area contributed by atoms with Gasteiger partial charge in [0.25, 0.3) is 0 Å². The molecule has 24 heavy (non-hydrogen) atoms. The van der Waals surface area contributed by atoms with E-state index in [2.05, 4.69) is 15.3 Å². The Labute approximate surface area is 145 Å². The third-order valence-corrected chi connectivity index (χ3v) is 4.42. The van der Waals surface area contributed by atoms with E-state index in [1.807, 2.05) is 35.7 Å². The molecule has 2 aromatic heterocycles. The Morgan fingerprint density at radius 2 is 1.83 bits per heavy atom. The lowest BCUT2D eigenvalue weighted by atomic mass is 10.1. The lowest BCUT2D eigenvalue weighted by Gasteiger charge is -2.09. The second kappa shape index (κ2) is 7.79. The number of thiazole rings is 1. The first-order valence-electron chi connectivity index (χ1n) is 7.61. The summed E-state index contributed by atoms with van der Waals surface area (Å²) in [5, 5.41) is 6.34. The van der Waals surface area contributed by atoms with Crippen molar-refractivity contribution in [2.75, 3.05) is 26.1 Å². The normalized spacial score (nSPS) is 10.4. The summed E-state index contributed by atoms with van der Waals surface area (Å²) in [5.41, 5.74) is 3.23. The fourth-order valence-electron chi connectivity index (χ4n) is 2.36. The van der Waals surface area contributed by atoms with Gasteiger partial charge in [0.1, 0.15) is 0 Å². The molecule has 0 fully saturated rings. The van der Waals surface area contributed by atoms with Gasteiger partial charge >= 0.3 is 0 Å². The van der Waals surface area contributed by atoms with Crippen LogP contribution in [0.4, 0.5) is 5.13 Å². The van der Waals surface area contributed by atoms with Gasteiger partial charge in [-0.3, -0.25) is 4.98 Å². The average Bonchev–Trinajstić information content (AvgIpc) is 3.11. The van der Waals surface area contributed by atoms with Crippen LogP contribution < -0.4 is 14.8 Å². The Hall–Kier alpha value is -2.60. The van der Waals surface area contributed by atoms with Gasteiger partial charge < -0.3 is 14.8 Å². The van der Waals surface area contributed by atoms with Gasteiger partial charge in [-0.15, -0.1) is 11.3 Å². The molecule has 3 rings (SSSR count). The molecule has 0 aliphatic carbocycles. The highest BCUT2D eigenvalue weighted by molar-refractivity contribution is 7.14. The molecule has 5 nitrogen and oxygen atoms in total. The Morgan fingerprint density at radius 1 is 1.04 bits per heavy atom. The van der Waals surface area contributed by atoms with Crippen molar-refractivity contribution in [1.82, 2.24) is 9.97 Å². The number of rotatable bonds is 7. The van der Waals surface area contributed by atoms with Gasteiger partial charge in [-0.1, -0.05) is 6.07 Å². The molecule has 1 aromatic carbocycles. The summed E-state index contributed by atoms with van der Waals surface area (Å²) in [6, 6.07) is 9.90. The monoisotopic (exact) mass is 341 g/mol. The van der Waals surface area contributed by atoms with Crippen molar-refractivity contribution >= 4 is 16.5 Å². The van der Waals surface area contributed by atoms with E-state index in [1.165, 1.54) is 5.56 Å². The van der Waals surface area contributed by atoms with Crippen molar-refractivity contribution in [1.29, 1.82) is 0 Å². The molecule has 0 spiro atoms. The molecule has 0 radical (unpaired) electrons. The van der Waals surface area contributed by atoms with Gasteiger partial charge in [0.05, 0.1) is 19.9 Å². The number of hydrogen-bond acceptors (Lipinski definition) is 6. The zero-order chi connectivity index (χ0) is 16.8. The number of nitrogens with zero attached hydrogens (tertiary/aromatic N) is 2. The molecular weight excluding hydrogens is 322 g/mol. The van der Waals surface area contributed by atoms with Gasteiger partial charge in [0.15, 0.2) is 16.6 Å². The van der Waals surface area contributed by atoms with Crippen LogP contribution in [0.2, 0.25) is 0 Å². The van der Waals surface area contributed by atoms with Crippen molar-refractivity contribution in [3.63, 3.8) is 0 Å². The Morgan fingerprint density at radius 3 is 2.58 bits per heavy atom. The molecule has 3 aromatic rings. The molecule has 0 aliphatic rings. The largest absolute Gasteiger partial charge is 0.493 e. The average molecular weight is 341 g/mol. The summed E-state index contributed by atoms with van der Waals surface area (Å²) in [6.45, 7) is 0.804. The van der Waals surface area contributed by atoms with Crippen molar-refractivity contribution < 1.29 is 9.47 Å². The number of pyridine rings is 1. The molecule has 0 unspecified atom stereocenters. The fourth-order valence-corrected chi connectivity index (χ4v) is 3.11. The van der Waals surface area contributed by atoms with Gasteiger partial charge in [0.2, 0.25) is 0 Å². The summed E-state index contributed by atoms with van der Waals surface area (Å²) in [6.07, 6.45) is 4.43. The maximum atomic E-state index is 5.33. The Kier molecular flexibility index (Phi) is 5.28. The molecule has 0 saturated carbocycles. The van der Waals surface area contributed by atoms with Crippen LogP contribution >= 0.6 is 11.3 Å². The van der Waals surface area contributed by atoms with Crippen LogP contribution in [0.1, 0.15) is 5.56 Å². The standard InChI is InChI=1S/C18H19N3O2S/c1-22-16-4-3-13(11-17(16)23-2)5-10-20-18-21-15(12-24-18)14-6-8-19-9-7-14/h3-4,6-9,11-12H,5,10H2,1-2H3,(H,20,21). The number of aromatic nitrogens is 2. The topological polar surface area (TPSA) is 56.3 Å². The highest BCUT2D eigenvalue weighted by atomic mass is 32.1. The summed E-state index contributed by atoms with van der Waals surface area (Å²) >= 11 is 1.61. The van der Waals surface area contributed by atoms with E-state index < -0.39 is 0 Å². The van der Waals surface area contributed by atoms with Gasteiger partial charge in [-0.2, -0.15) is 0 Å². The SMILES string of the molecule is COc1ccc(CCNc2nc(-c3ccncc3)cs2)cc1OC. The minimum atomic E-state index is 0.746.